The molecule has 15 heteroatoms. The van der Waals surface area contributed by atoms with Gasteiger partial charge in [0.05, 0.1) is 36.4 Å². The number of rotatable bonds is 15. The molecule has 0 aliphatic carbocycles. The fourth-order valence-corrected chi connectivity index (χ4v) is 12.9. The van der Waals surface area contributed by atoms with E-state index < -0.39 is 88.5 Å². The fraction of sp³-hybridized carbons (Fsp3) is 0.750. The third kappa shape index (κ3) is 10.9. The third-order valence-corrected chi connectivity index (χ3v) is 20.5. The van der Waals surface area contributed by atoms with Crippen LogP contribution in [0.1, 0.15) is 109 Å². The molecule has 1 aromatic carbocycles. The van der Waals surface area contributed by atoms with Crippen molar-refractivity contribution < 1.29 is 60.3 Å². The Morgan fingerprint density at radius 3 is 2.22 bits per heavy atom. The van der Waals surface area contributed by atoms with Crippen molar-refractivity contribution in [3.63, 3.8) is 0 Å². The molecule has 0 amide bonds. The van der Waals surface area contributed by atoms with E-state index in [0.717, 1.165) is 5.57 Å². The number of hydrogen-bond donors (Lipinski definition) is 0. The number of ether oxygens (including phenoxy) is 8. The van der Waals surface area contributed by atoms with E-state index >= 15 is 4.79 Å². The molecule has 12 atom stereocenters. The SMILES string of the molecule is C=C[C@H](C)[C@@H]1C[C@@]2(OC[C@H](O[Si](C)(C)C(C)(C)C)C[C@@H]2/C=C(\C)C[C@H](C)[C@@H](C(=O)[C@H]2O[C@]3(OC(C)(C)O[C@H]3C(=O)OCC)[C@H](C)C[C@@H]2OC)S(=O)(=O)c2ccccc2)OC(C)(C)O1. The van der Waals surface area contributed by atoms with Crippen LogP contribution in [0.25, 0.3) is 0 Å². The highest BCUT2D eigenvalue weighted by atomic mass is 32.2. The van der Waals surface area contributed by atoms with Gasteiger partial charge in [-0.3, -0.25) is 4.79 Å². The van der Waals surface area contributed by atoms with Gasteiger partial charge in [-0.1, -0.05) is 77.5 Å². The summed E-state index contributed by atoms with van der Waals surface area (Å²) in [5, 5.41) is -1.62. The van der Waals surface area contributed by atoms with E-state index in [0.29, 0.717) is 19.4 Å². The van der Waals surface area contributed by atoms with Crippen molar-refractivity contribution >= 4 is 29.9 Å². The Morgan fingerprint density at radius 1 is 1.00 bits per heavy atom. The first-order valence-corrected chi connectivity index (χ1v) is 27.1. The van der Waals surface area contributed by atoms with Gasteiger partial charge < -0.3 is 42.3 Å². The van der Waals surface area contributed by atoms with Crippen LogP contribution in [0.2, 0.25) is 18.1 Å². The molecular formula is C48H76O13SSi. The van der Waals surface area contributed by atoms with Crippen LogP contribution in [0.4, 0.5) is 0 Å². The second-order valence-electron chi connectivity index (χ2n) is 20.7. The number of carbonyl (C=O) groups is 2. The lowest BCUT2D eigenvalue weighted by Gasteiger charge is -2.55. The van der Waals surface area contributed by atoms with Gasteiger partial charge in [0.2, 0.25) is 11.9 Å². The maximum atomic E-state index is 15.3. The molecule has 0 saturated carbocycles. The summed E-state index contributed by atoms with van der Waals surface area (Å²) in [6.07, 6.45) is 1.37. The second kappa shape index (κ2) is 19.1. The zero-order valence-corrected chi connectivity index (χ0v) is 42.3. The zero-order valence-electron chi connectivity index (χ0n) is 40.5. The van der Waals surface area contributed by atoms with Gasteiger partial charge in [0.15, 0.2) is 41.3 Å². The number of hydrogen-bond acceptors (Lipinski definition) is 13. The first kappa shape index (κ1) is 51.7. The Hall–Kier alpha value is -2.31. The van der Waals surface area contributed by atoms with Gasteiger partial charge in [-0.05, 0) is 97.0 Å². The quantitative estimate of drug-likeness (QED) is 0.0938. The lowest BCUT2D eigenvalue weighted by molar-refractivity contribution is -0.425. The van der Waals surface area contributed by atoms with Crippen molar-refractivity contribution in [3.8, 4) is 0 Å². The monoisotopic (exact) mass is 920 g/mol. The third-order valence-electron chi connectivity index (χ3n) is 13.7. The lowest BCUT2D eigenvalue weighted by Crippen LogP contribution is -2.63. The van der Waals surface area contributed by atoms with E-state index in [1.807, 2.05) is 33.8 Å². The predicted molar refractivity (Wildman–Crippen MR) is 242 cm³/mol. The average Bonchev–Trinajstić information content (AvgIpc) is 3.46. The van der Waals surface area contributed by atoms with Crippen LogP contribution < -0.4 is 0 Å². The smallest absolute Gasteiger partial charge is 0.341 e. The highest BCUT2D eigenvalue weighted by molar-refractivity contribution is 7.92. The van der Waals surface area contributed by atoms with Gasteiger partial charge >= 0.3 is 5.97 Å². The Balaban J connectivity index is 1.56. The minimum atomic E-state index is -4.34. The fourth-order valence-electron chi connectivity index (χ4n) is 9.55. The molecule has 4 aliphatic heterocycles. The molecule has 4 saturated heterocycles. The van der Waals surface area contributed by atoms with Gasteiger partial charge in [-0.2, -0.15) is 0 Å². The summed E-state index contributed by atoms with van der Waals surface area (Å²) in [4.78, 5) is 28.8. The molecule has 0 N–H and O–H groups in total. The molecular weight excluding hydrogens is 845 g/mol. The van der Waals surface area contributed by atoms with E-state index in [9.17, 15) is 13.2 Å². The van der Waals surface area contributed by atoms with Gasteiger partial charge in [-0.15, -0.1) is 6.58 Å². The molecule has 0 radical (unpaired) electrons. The number of allylic oxidation sites excluding steroid dienone is 1. The Morgan fingerprint density at radius 2 is 1.63 bits per heavy atom. The Labute approximate surface area is 378 Å². The Kier molecular flexibility index (Phi) is 15.7. The van der Waals surface area contributed by atoms with Gasteiger partial charge in [0, 0.05) is 31.3 Å². The number of sulfone groups is 1. The second-order valence-corrected chi connectivity index (χ2v) is 27.5. The lowest BCUT2D eigenvalue weighted by atomic mass is 9.80. The van der Waals surface area contributed by atoms with E-state index in [2.05, 4.69) is 53.4 Å². The highest BCUT2D eigenvalue weighted by Crippen LogP contribution is 2.51. The van der Waals surface area contributed by atoms with E-state index in [1.54, 1.807) is 45.9 Å². The van der Waals surface area contributed by atoms with Crippen molar-refractivity contribution in [1.82, 2.24) is 0 Å². The normalized spacial score (nSPS) is 34.0. The number of benzene rings is 1. The minimum absolute atomic E-state index is 0.00106. The summed E-state index contributed by atoms with van der Waals surface area (Å²) in [7, 11) is -5.09. The van der Waals surface area contributed by atoms with Gasteiger partial charge in [-0.25, -0.2) is 13.2 Å². The van der Waals surface area contributed by atoms with Gasteiger partial charge in [0.25, 0.3) is 0 Å². The predicted octanol–water partition coefficient (Wildman–Crippen LogP) is 8.71. The van der Waals surface area contributed by atoms with Crippen LogP contribution in [-0.2, 0) is 61.7 Å². The number of methoxy groups -OCH3 is 1. The van der Waals surface area contributed by atoms with E-state index in [-0.39, 0.29) is 53.4 Å². The molecule has 5 rings (SSSR count). The minimum Gasteiger partial charge on any atom is -0.464 e. The highest BCUT2D eigenvalue weighted by Gasteiger charge is 2.66. The van der Waals surface area contributed by atoms with Crippen LogP contribution in [0.3, 0.4) is 0 Å². The topological polar surface area (TPSA) is 151 Å². The molecule has 63 heavy (non-hydrogen) atoms. The molecule has 4 aliphatic rings. The average molecular weight is 921 g/mol. The summed E-state index contributed by atoms with van der Waals surface area (Å²) < 4.78 is 87.3. The molecule has 356 valence electrons. The number of esters is 1. The molecule has 1 aromatic rings. The van der Waals surface area contributed by atoms with Crippen molar-refractivity contribution in [2.45, 2.75) is 191 Å². The summed E-state index contributed by atoms with van der Waals surface area (Å²) in [5.74, 6) is -8.11. The largest absolute Gasteiger partial charge is 0.464 e. The van der Waals surface area contributed by atoms with Crippen molar-refractivity contribution in [3.05, 3.63) is 54.6 Å². The van der Waals surface area contributed by atoms with Crippen molar-refractivity contribution in [2.24, 2.45) is 23.7 Å². The van der Waals surface area contributed by atoms with Crippen LogP contribution in [0, 0.1) is 23.7 Å². The summed E-state index contributed by atoms with van der Waals surface area (Å²) in [6.45, 7) is 31.9. The number of ketones is 1. The standard InChI is InChI=1S/C48H76O13SSi/c1-17-31(4)38-28-47(60-45(10,11)56-38)34(27-35(29-55-47)59-63(15,16)44(7,8)9)25-30(3)24-32(5)41(62(51,52)36-22-20-19-21-23-36)39(49)40-37(53-14)26-33(6)48(57-40)42(43(50)54-18-2)58-46(12,13)61-48/h17,19-23,25,31-35,37-38,40-42H,1,18,24,26-29H2,2-16H3/b30-25+/t31-,32-,33+,34-,35+,37-,38-,40-,41-,42-,47+,48-/m0/s1. The van der Waals surface area contributed by atoms with Crippen LogP contribution in [0.15, 0.2) is 59.5 Å². The Bertz CT molecular complexity index is 1930. The summed E-state index contributed by atoms with van der Waals surface area (Å²) in [6, 6.07) is 7.97. The van der Waals surface area contributed by atoms with Crippen LogP contribution in [0.5, 0.6) is 0 Å². The zero-order chi connectivity index (χ0) is 47.1. The van der Waals surface area contributed by atoms with Gasteiger partial charge in [0.1, 0.15) is 11.4 Å². The summed E-state index contributed by atoms with van der Waals surface area (Å²) >= 11 is 0. The first-order valence-electron chi connectivity index (χ1n) is 22.6. The first-order chi connectivity index (χ1) is 29.1. The molecule has 0 bridgehead atoms. The van der Waals surface area contributed by atoms with Crippen LogP contribution in [-0.4, -0.2) is 108 Å². The van der Waals surface area contributed by atoms with E-state index in [1.165, 1.54) is 19.2 Å². The molecule has 13 nitrogen and oxygen atoms in total. The van der Waals surface area contributed by atoms with Crippen molar-refractivity contribution in [2.75, 3.05) is 20.3 Å². The maximum Gasteiger partial charge on any atom is 0.341 e. The molecule has 4 heterocycles. The molecule has 4 fully saturated rings. The summed E-state index contributed by atoms with van der Waals surface area (Å²) in [5.41, 5.74) is 0.848. The molecule has 0 unspecified atom stereocenters. The number of carbonyl (C=O) groups excluding carboxylic acids is 2. The maximum absolute atomic E-state index is 15.3. The molecule has 0 aromatic heterocycles. The van der Waals surface area contributed by atoms with Crippen molar-refractivity contribution in [1.29, 1.82) is 0 Å². The van der Waals surface area contributed by atoms with Crippen LogP contribution >= 0.6 is 0 Å². The van der Waals surface area contributed by atoms with E-state index in [4.69, 9.17) is 42.3 Å². The number of Topliss-reactive ketones (excluding diaryl/α,β-unsaturated/α-hetero) is 1. The molecule has 2 spiro atoms.